The summed E-state index contributed by atoms with van der Waals surface area (Å²) in [5.41, 5.74) is 0.629. The lowest BCUT2D eigenvalue weighted by Crippen LogP contribution is -2.32. The third-order valence-electron chi connectivity index (χ3n) is 4.68. The number of hydrogen-bond donors (Lipinski definition) is 1. The van der Waals surface area contributed by atoms with Crippen molar-refractivity contribution >= 4 is 23.0 Å². The summed E-state index contributed by atoms with van der Waals surface area (Å²) in [6, 6.07) is 2.74. The van der Waals surface area contributed by atoms with Crippen molar-refractivity contribution < 1.29 is 23.8 Å². The largest absolute Gasteiger partial charge is 0.503 e. The van der Waals surface area contributed by atoms with Crippen molar-refractivity contribution in [2.75, 3.05) is 13.2 Å². The van der Waals surface area contributed by atoms with Crippen LogP contribution in [0.5, 0.6) is 0 Å². The summed E-state index contributed by atoms with van der Waals surface area (Å²) in [4.78, 5) is 32.3. The number of ether oxygens (including phenoxy) is 1. The smallest absolute Gasteiger partial charge is 0.290 e. The maximum absolute atomic E-state index is 13.3. The number of ketones is 1. The number of carbonyl (C=O) groups is 2. The first-order valence-electron chi connectivity index (χ1n) is 9.61. The van der Waals surface area contributed by atoms with Gasteiger partial charge in [-0.25, -0.2) is 4.98 Å². The Labute approximate surface area is 174 Å². The van der Waals surface area contributed by atoms with Crippen molar-refractivity contribution in [3.8, 4) is 0 Å². The van der Waals surface area contributed by atoms with Crippen molar-refractivity contribution in [2.24, 2.45) is 0 Å². The van der Waals surface area contributed by atoms with E-state index in [0.717, 1.165) is 5.01 Å². The van der Waals surface area contributed by atoms with Crippen molar-refractivity contribution in [1.29, 1.82) is 0 Å². The summed E-state index contributed by atoms with van der Waals surface area (Å²) < 4.78 is 11.3. The molecule has 0 radical (unpaired) electrons. The molecule has 3 heterocycles. The number of aromatic nitrogens is 1. The molecule has 7 nitrogen and oxygen atoms in total. The van der Waals surface area contributed by atoms with E-state index in [2.05, 4.69) is 4.98 Å². The van der Waals surface area contributed by atoms with Crippen LogP contribution in [0.4, 0.5) is 0 Å². The van der Waals surface area contributed by atoms with E-state index in [1.165, 1.54) is 16.2 Å². The number of aliphatic hydroxyl groups is 1. The number of carbonyl (C=O) groups excluding carboxylic acids is 2. The van der Waals surface area contributed by atoms with Crippen LogP contribution in [0.3, 0.4) is 0 Å². The Kier molecular flexibility index (Phi) is 6.24. The van der Waals surface area contributed by atoms with Crippen molar-refractivity contribution in [3.05, 3.63) is 50.6 Å². The molecule has 3 rings (SSSR count). The first-order chi connectivity index (χ1) is 13.7. The second-order valence-electron chi connectivity index (χ2n) is 7.36. The maximum atomic E-state index is 13.3. The molecule has 1 N–H and O–H groups in total. The molecule has 0 aromatic carbocycles. The number of aliphatic hydroxyl groups excluding tert-OH is 1. The van der Waals surface area contributed by atoms with Crippen LogP contribution in [0.25, 0.3) is 0 Å². The third-order valence-corrected chi connectivity index (χ3v) is 5.75. The van der Waals surface area contributed by atoms with Crippen LogP contribution in [0, 0.1) is 20.8 Å². The quantitative estimate of drug-likeness (QED) is 0.513. The Hall–Kier alpha value is -2.45. The van der Waals surface area contributed by atoms with Crippen molar-refractivity contribution in [3.63, 3.8) is 0 Å². The van der Waals surface area contributed by atoms with E-state index in [1.54, 1.807) is 26.0 Å². The summed E-state index contributed by atoms with van der Waals surface area (Å²) >= 11 is 1.25. The Morgan fingerprint density at radius 1 is 1.34 bits per heavy atom. The van der Waals surface area contributed by atoms with Gasteiger partial charge in [0.15, 0.2) is 5.76 Å². The molecule has 2 aromatic rings. The molecule has 1 aliphatic rings. The van der Waals surface area contributed by atoms with E-state index in [1.807, 2.05) is 20.8 Å². The minimum atomic E-state index is -0.774. The predicted octanol–water partition coefficient (Wildman–Crippen LogP) is 4.05. The Bertz CT molecular complexity index is 956. The highest BCUT2D eigenvalue weighted by molar-refractivity contribution is 7.14. The van der Waals surface area contributed by atoms with Crippen LogP contribution in [0.2, 0.25) is 0 Å². The maximum Gasteiger partial charge on any atom is 0.290 e. The number of nitrogens with zero attached hydrogens (tertiary/aromatic N) is 2. The van der Waals surface area contributed by atoms with Gasteiger partial charge < -0.3 is 19.2 Å². The van der Waals surface area contributed by atoms with Crippen LogP contribution in [0.1, 0.15) is 58.2 Å². The van der Waals surface area contributed by atoms with Gasteiger partial charge in [0.25, 0.3) is 5.91 Å². The van der Waals surface area contributed by atoms with Gasteiger partial charge in [-0.15, -0.1) is 11.3 Å². The van der Waals surface area contributed by atoms with Gasteiger partial charge in [0, 0.05) is 13.2 Å². The second-order valence-corrected chi connectivity index (χ2v) is 8.56. The summed E-state index contributed by atoms with van der Waals surface area (Å²) in [5.74, 6) is -0.371. The number of rotatable bonds is 8. The molecule has 1 atom stereocenters. The van der Waals surface area contributed by atoms with Crippen LogP contribution in [-0.2, 0) is 9.53 Å². The van der Waals surface area contributed by atoms with Crippen LogP contribution in [0.15, 0.2) is 27.9 Å². The average Bonchev–Trinajstić information content (AvgIpc) is 3.29. The van der Waals surface area contributed by atoms with E-state index in [4.69, 9.17) is 9.15 Å². The Balaban J connectivity index is 1.95. The highest BCUT2D eigenvalue weighted by Crippen LogP contribution is 2.40. The predicted molar refractivity (Wildman–Crippen MR) is 109 cm³/mol. The fraction of sp³-hybridized carbons (Fsp3) is 0.476. The summed E-state index contributed by atoms with van der Waals surface area (Å²) in [7, 11) is 0. The van der Waals surface area contributed by atoms with Crippen molar-refractivity contribution in [1.82, 2.24) is 9.88 Å². The fourth-order valence-corrected chi connectivity index (χ4v) is 4.30. The monoisotopic (exact) mass is 418 g/mol. The molecule has 0 fully saturated rings. The first kappa shape index (κ1) is 21.3. The number of Topliss-reactive ketones (excluding diaryl/α,β-unsaturated/α-hetero) is 1. The molecular formula is C21H26N2O5S. The highest BCUT2D eigenvalue weighted by Gasteiger charge is 2.45. The molecule has 1 aliphatic heterocycles. The average molecular weight is 419 g/mol. The van der Waals surface area contributed by atoms with Crippen LogP contribution >= 0.6 is 11.3 Å². The van der Waals surface area contributed by atoms with Gasteiger partial charge in [0.2, 0.25) is 5.78 Å². The molecule has 0 saturated heterocycles. The van der Waals surface area contributed by atoms with E-state index < -0.39 is 17.7 Å². The zero-order valence-corrected chi connectivity index (χ0v) is 18.1. The Morgan fingerprint density at radius 2 is 2.07 bits per heavy atom. The standard InChI is InChI=1S/C21H26N2O5S/c1-11(2)27-10-6-9-23-17(15-8-7-12(3)28-15)16(19(25)21(23)26)18(24)20-13(4)22-14(5)29-20/h7-8,11,17,25H,6,9-10H2,1-5H3. The molecule has 2 aromatic heterocycles. The van der Waals surface area contributed by atoms with E-state index in [-0.39, 0.29) is 17.5 Å². The topological polar surface area (TPSA) is 92.9 Å². The molecule has 0 aliphatic carbocycles. The van der Waals surface area contributed by atoms with Crippen LogP contribution < -0.4 is 0 Å². The molecule has 156 valence electrons. The zero-order chi connectivity index (χ0) is 21.3. The minimum absolute atomic E-state index is 0.0425. The number of aryl methyl sites for hydroxylation is 3. The molecular weight excluding hydrogens is 392 g/mol. The minimum Gasteiger partial charge on any atom is -0.503 e. The van der Waals surface area contributed by atoms with Gasteiger partial charge in [-0.05, 0) is 53.2 Å². The SMILES string of the molecule is Cc1ccc(C2C(C(=O)c3sc(C)nc3C)=C(O)C(=O)N2CCCOC(C)C)o1. The fourth-order valence-electron chi connectivity index (χ4n) is 3.43. The van der Waals surface area contributed by atoms with Gasteiger partial charge in [0.05, 0.1) is 27.3 Å². The van der Waals surface area contributed by atoms with Crippen LogP contribution in [-0.4, -0.2) is 45.9 Å². The van der Waals surface area contributed by atoms with Crippen molar-refractivity contribution in [2.45, 2.75) is 53.2 Å². The normalized spacial score (nSPS) is 17.1. The zero-order valence-electron chi connectivity index (χ0n) is 17.3. The lowest BCUT2D eigenvalue weighted by Gasteiger charge is -2.25. The summed E-state index contributed by atoms with van der Waals surface area (Å²) in [6.45, 7) is 10.1. The summed E-state index contributed by atoms with van der Waals surface area (Å²) in [6.07, 6.45) is 0.669. The highest BCUT2D eigenvalue weighted by atomic mass is 32.1. The van der Waals surface area contributed by atoms with Gasteiger partial charge in [-0.3, -0.25) is 9.59 Å². The molecule has 1 amide bonds. The van der Waals surface area contributed by atoms with Gasteiger partial charge in [-0.1, -0.05) is 0 Å². The lowest BCUT2D eigenvalue weighted by atomic mass is 9.99. The van der Waals surface area contributed by atoms with E-state index >= 15 is 0 Å². The van der Waals surface area contributed by atoms with Gasteiger partial charge in [0.1, 0.15) is 17.6 Å². The molecule has 0 spiro atoms. The van der Waals surface area contributed by atoms with Gasteiger partial charge >= 0.3 is 0 Å². The first-order valence-corrected chi connectivity index (χ1v) is 10.4. The molecule has 8 heteroatoms. The summed E-state index contributed by atoms with van der Waals surface area (Å²) in [5, 5.41) is 11.4. The number of furan rings is 1. The van der Waals surface area contributed by atoms with E-state index in [9.17, 15) is 14.7 Å². The second kappa shape index (κ2) is 8.51. The van der Waals surface area contributed by atoms with E-state index in [0.29, 0.717) is 41.7 Å². The van der Waals surface area contributed by atoms with Gasteiger partial charge in [-0.2, -0.15) is 0 Å². The number of amides is 1. The third kappa shape index (κ3) is 4.28. The number of thiazole rings is 1. The molecule has 1 unspecified atom stereocenters. The molecule has 0 saturated carbocycles. The number of hydrogen-bond acceptors (Lipinski definition) is 7. The molecule has 0 bridgehead atoms. The lowest BCUT2D eigenvalue weighted by molar-refractivity contribution is -0.129. The Morgan fingerprint density at radius 3 is 2.62 bits per heavy atom. The molecule has 29 heavy (non-hydrogen) atoms.